The quantitative estimate of drug-likeness (QED) is 0.702. The highest BCUT2D eigenvalue weighted by Crippen LogP contribution is 2.14. The second-order valence-corrected chi connectivity index (χ2v) is 5.02. The smallest absolute Gasteiger partial charge is 0.244 e. The summed E-state index contributed by atoms with van der Waals surface area (Å²) in [4.78, 5) is 3.47. The zero-order valence-corrected chi connectivity index (χ0v) is 9.92. The highest BCUT2D eigenvalue weighted by atomic mass is 32.2. The number of pyridine rings is 1. The van der Waals surface area contributed by atoms with Crippen LogP contribution in [0.3, 0.4) is 0 Å². The standard InChI is InChI=1S/C10H7N5O2S/c11-3-5-15(6-4-12)18(16,17)10-2-1-9(7-13)14-8-10/h1-2,8H,5-6H2. The van der Waals surface area contributed by atoms with Crippen LogP contribution in [0.2, 0.25) is 0 Å². The third-order valence-electron chi connectivity index (χ3n) is 1.98. The molecule has 0 bridgehead atoms. The summed E-state index contributed by atoms with van der Waals surface area (Å²) in [7, 11) is -3.93. The second-order valence-electron chi connectivity index (χ2n) is 3.08. The number of hydrogen-bond donors (Lipinski definition) is 0. The summed E-state index contributed by atoms with van der Waals surface area (Å²) in [6.07, 6.45) is 1.02. The van der Waals surface area contributed by atoms with Gasteiger partial charge in [-0.05, 0) is 12.1 Å². The van der Waals surface area contributed by atoms with E-state index in [0.717, 1.165) is 10.5 Å². The summed E-state index contributed by atoms with van der Waals surface area (Å²) < 4.78 is 24.8. The van der Waals surface area contributed by atoms with Crippen LogP contribution >= 0.6 is 0 Å². The van der Waals surface area contributed by atoms with E-state index in [1.165, 1.54) is 12.1 Å². The normalized spacial score (nSPS) is 10.3. The topological polar surface area (TPSA) is 122 Å². The number of nitrogens with zero attached hydrogens (tertiary/aromatic N) is 5. The molecule has 90 valence electrons. The molecule has 0 radical (unpaired) electrons. The van der Waals surface area contributed by atoms with E-state index in [0.29, 0.717) is 0 Å². The molecular weight excluding hydrogens is 254 g/mol. The average molecular weight is 261 g/mol. The highest BCUT2D eigenvalue weighted by Gasteiger charge is 2.24. The number of hydrogen-bond acceptors (Lipinski definition) is 6. The van der Waals surface area contributed by atoms with Gasteiger partial charge in [0.2, 0.25) is 10.0 Å². The Morgan fingerprint density at radius 3 is 2.17 bits per heavy atom. The molecule has 0 saturated carbocycles. The van der Waals surface area contributed by atoms with Gasteiger partial charge in [0.15, 0.2) is 0 Å². The zero-order valence-electron chi connectivity index (χ0n) is 9.11. The average Bonchev–Trinajstić information content (AvgIpc) is 2.38. The first-order valence-corrected chi connectivity index (χ1v) is 6.10. The van der Waals surface area contributed by atoms with Crippen molar-refractivity contribution in [3.8, 4) is 18.2 Å². The SMILES string of the molecule is N#CCN(CC#N)S(=O)(=O)c1ccc(C#N)nc1. The van der Waals surface area contributed by atoms with Crippen molar-refractivity contribution < 1.29 is 8.42 Å². The molecule has 0 atom stereocenters. The monoisotopic (exact) mass is 261 g/mol. The fourth-order valence-corrected chi connectivity index (χ4v) is 2.31. The predicted molar refractivity (Wildman–Crippen MR) is 58.9 cm³/mol. The lowest BCUT2D eigenvalue weighted by Gasteiger charge is -2.15. The predicted octanol–water partition coefficient (Wildman–Crippen LogP) is -0.00886. The van der Waals surface area contributed by atoms with E-state index in [2.05, 4.69) is 4.98 Å². The Balaban J connectivity index is 3.16. The van der Waals surface area contributed by atoms with Gasteiger partial charge in [-0.1, -0.05) is 0 Å². The van der Waals surface area contributed by atoms with Gasteiger partial charge in [0, 0.05) is 6.20 Å². The third-order valence-corrected chi connectivity index (χ3v) is 3.76. The third kappa shape index (κ3) is 2.80. The van der Waals surface area contributed by atoms with E-state index in [9.17, 15) is 8.42 Å². The summed E-state index contributed by atoms with van der Waals surface area (Å²) in [5, 5.41) is 25.6. The van der Waals surface area contributed by atoms with Crippen molar-refractivity contribution >= 4 is 10.0 Å². The second kappa shape index (κ2) is 5.74. The Hall–Kier alpha value is -2.47. The molecular formula is C10H7N5O2S. The molecule has 0 amide bonds. The largest absolute Gasteiger partial charge is 0.246 e. The summed E-state index contributed by atoms with van der Waals surface area (Å²) in [5.41, 5.74) is 0.0843. The summed E-state index contributed by atoms with van der Waals surface area (Å²) in [6.45, 7) is -0.841. The first-order chi connectivity index (χ1) is 8.56. The van der Waals surface area contributed by atoms with E-state index >= 15 is 0 Å². The molecule has 0 unspecified atom stereocenters. The van der Waals surface area contributed by atoms with Crippen molar-refractivity contribution in [1.82, 2.24) is 9.29 Å². The molecule has 0 aromatic carbocycles. The Morgan fingerprint density at radius 1 is 1.17 bits per heavy atom. The lowest BCUT2D eigenvalue weighted by Crippen LogP contribution is -2.32. The number of rotatable bonds is 4. The van der Waals surface area contributed by atoms with Crippen molar-refractivity contribution in [1.29, 1.82) is 15.8 Å². The maximum absolute atomic E-state index is 12.0. The molecule has 0 saturated heterocycles. The maximum Gasteiger partial charge on any atom is 0.246 e. The lowest BCUT2D eigenvalue weighted by molar-refractivity contribution is 0.479. The van der Waals surface area contributed by atoms with E-state index in [-0.39, 0.29) is 10.6 Å². The van der Waals surface area contributed by atoms with Gasteiger partial charge in [0.1, 0.15) is 29.7 Å². The Bertz CT molecular complexity index is 629. The molecule has 0 aliphatic rings. The minimum Gasteiger partial charge on any atom is -0.244 e. The molecule has 7 nitrogen and oxygen atoms in total. The minimum atomic E-state index is -3.93. The van der Waals surface area contributed by atoms with Crippen LogP contribution in [0.4, 0.5) is 0 Å². The van der Waals surface area contributed by atoms with Crippen molar-refractivity contribution in [3.63, 3.8) is 0 Å². The molecule has 0 aliphatic heterocycles. The van der Waals surface area contributed by atoms with Crippen LogP contribution in [-0.2, 0) is 10.0 Å². The van der Waals surface area contributed by atoms with Gasteiger partial charge in [0.25, 0.3) is 0 Å². The van der Waals surface area contributed by atoms with Crippen LogP contribution in [-0.4, -0.2) is 30.8 Å². The first-order valence-electron chi connectivity index (χ1n) is 4.66. The fourth-order valence-electron chi connectivity index (χ4n) is 1.13. The van der Waals surface area contributed by atoms with Gasteiger partial charge in [-0.15, -0.1) is 0 Å². The summed E-state index contributed by atoms with van der Waals surface area (Å²) in [6, 6.07) is 7.57. The van der Waals surface area contributed by atoms with E-state index in [1.54, 1.807) is 18.2 Å². The van der Waals surface area contributed by atoms with Gasteiger partial charge in [-0.3, -0.25) is 0 Å². The summed E-state index contributed by atoms with van der Waals surface area (Å²) in [5.74, 6) is 0. The van der Waals surface area contributed by atoms with Gasteiger partial charge >= 0.3 is 0 Å². The number of nitriles is 3. The summed E-state index contributed by atoms with van der Waals surface area (Å²) >= 11 is 0. The number of sulfonamides is 1. The first kappa shape index (κ1) is 13.6. The highest BCUT2D eigenvalue weighted by molar-refractivity contribution is 7.89. The molecule has 1 heterocycles. The van der Waals surface area contributed by atoms with Crippen molar-refractivity contribution in [2.24, 2.45) is 0 Å². The van der Waals surface area contributed by atoms with Crippen LogP contribution < -0.4 is 0 Å². The molecule has 0 N–H and O–H groups in total. The van der Waals surface area contributed by atoms with Gasteiger partial charge in [-0.25, -0.2) is 13.4 Å². The molecule has 0 aliphatic carbocycles. The fraction of sp³-hybridized carbons (Fsp3) is 0.200. The van der Waals surface area contributed by atoms with Crippen LogP contribution in [0.5, 0.6) is 0 Å². The molecule has 1 rings (SSSR count). The van der Waals surface area contributed by atoms with Crippen molar-refractivity contribution in [2.45, 2.75) is 4.90 Å². The molecule has 0 fully saturated rings. The molecule has 8 heteroatoms. The van der Waals surface area contributed by atoms with Crippen LogP contribution in [0.1, 0.15) is 5.69 Å². The van der Waals surface area contributed by atoms with Crippen LogP contribution in [0.15, 0.2) is 23.2 Å². The molecule has 1 aromatic heterocycles. The Kier molecular flexibility index (Phi) is 4.33. The Labute approximate surface area is 104 Å². The van der Waals surface area contributed by atoms with Crippen molar-refractivity contribution in [2.75, 3.05) is 13.1 Å². The van der Waals surface area contributed by atoms with Gasteiger partial charge in [0.05, 0.1) is 12.1 Å². The van der Waals surface area contributed by atoms with E-state index < -0.39 is 23.1 Å². The number of aromatic nitrogens is 1. The van der Waals surface area contributed by atoms with E-state index in [1.807, 2.05) is 0 Å². The van der Waals surface area contributed by atoms with Crippen molar-refractivity contribution in [3.05, 3.63) is 24.0 Å². The minimum absolute atomic E-state index is 0.0843. The van der Waals surface area contributed by atoms with Crippen LogP contribution in [0.25, 0.3) is 0 Å². The lowest BCUT2D eigenvalue weighted by atomic mass is 10.4. The molecule has 0 spiro atoms. The van der Waals surface area contributed by atoms with E-state index in [4.69, 9.17) is 15.8 Å². The molecule has 1 aromatic rings. The maximum atomic E-state index is 12.0. The Morgan fingerprint density at radius 2 is 1.78 bits per heavy atom. The zero-order chi connectivity index (χ0) is 13.6. The van der Waals surface area contributed by atoms with Gasteiger partial charge in [-0.2, -0.15) is 20.1 Å². The van der Waals surface area contributed by atoms with Crippen LogP contribution in [0, 0.1) is 34.0 Å². The molecule has 18 heavy (non-hydrogen) atoms. The van der Waals surface area contributed by atoms with Gasteiger partial charge < -0.3 is 0 Å².